The highest BCUT2D eigenvalue weighted by Gasteiger charge is 2.49. The average Bonchev–Trinajstić information content (AvgIpc) is 2.75. The van der Waals surface area contributed by atoms with E-state index in [9.17, 15) is 30.0 Å². The molecule has 10 nitrogen and oxygen atoms in total. The van der Waals surface area contributed by atoms with Crippen molar-refractivity contribution in [2.45, 2.75) is 114 Å². The zero-order chi connectivity index (χ0) is 25.8. The number of ether oxygens (including phenoxy) is 2. The summed E-state index contributed by atoms with van der Waals surface area (Å²) in [5.74, 6) is -0.228. The maximum absolute atomic E-state index is 13.5. The normalized spacial score (nSPS) is 34.3. The van der Waals surface area contributed by atoms with Gasteiger partial charge in [0.1, 0.15) is 41.5 Å². The third-order valence-corrected chi connectivity index (χ3v) is 7.21. The molecule has 0 aliphatic carbocycles. The van der Waals surface area contributed by atoms with E-state index >= 15 is 0 Å². The van der Waals surface area contributed by atoms with Crippen LogP contribution in [0.5, 0.6) is 0 Å². The molecule has 2 heterocycles. The number of rotatable bonds is 7. The Kier molecular flexibility index (Phi) is 10.5. The minimum atomic E-state index is -1.53. The van der Waals surface area contributed by atoms with Gasteiger partial charge < -0.3 is 35.2 Å². The van der Waals surface area contributed by atoms with Crippen LogP contribution in [0.2, 0.25) is 0 Å². The lowest BCUT2D eigenvalue weighted by Gasteiger charge is -2.45. The molecule has 0 spiro atoms. The van der Waals surface area contributed by atoms with Gasteiger partial charge in [-0.1, -0.05) is 19.8 Å². The highest BCUT2D eigenvalue weighted by atomic mass is 32.2. The molecule has 2 unspecified atom stereocenters. The number of nitrogens with one attached hydrogen (secondary N) is 1. The molecule has 0 saturated carbocycles. The third kappa shape index (κ3) is 7.20. The Morgan fingerprint density at radius 2 is 1.85 bits per heavy atom. The molecule has 2 aliphatic rings. The van der Waals surface area contributed by atoms with Crippen LogP contribution in [-0.4, -0.2) is 104 Å². The number of nitrogens with zero attached hydrogens (tertiary/aromatic N) is 1. The number of carbonyl (C=O) groups excluding carboxylic acids is 2. The fraction of sp³-hybridized carbons (Fsp3) is 0.913. The molecule has 9 atom stereocenters. The fourth-order valence-corrected chi connectivity index (χ4v) is 5.28. The molecule has 11 heteroatoms. The van der Waals surface area contributed by atoms with Crippen molar-refractivity contribution in [3.8, 4) is 0 Å². The van der Waals surface area contributed by atoms with Crippen LogP contribution < -0.4 is 5.32 Å². The second-order valence-electron chi connectivity index (χ2n) is 10.3. The van der Waals surface area contributed by atoms with E-state index in [4.69, 9.17) is 9.47 Å². The fourth-order valence-electron chi connectivity index (χ4n) is 4.60. The number of thioether (sulfide) groups is 1. The van der Waals surface area contributed by atoms with E-state index < -0.39 is 65.6 Å². The summed E-state index contributed by atoms with van der Waals surface area (Å²) in [6, 6.07) is -1.89. The van der Waals surface area contributed by atoms with Crippen molar-refractivity contribution in [2.75, 3.05) is 12.8 Å². The van der Waals surface area contributed by atoms with Gasteiger partial charge in [-0.15, -0.1) is 11.8 Å². The first-order chi connectivity index (χ1) is 15.8. The van der Waals surface area contributed by atoms with Crippen molar-refractivity contribution >= 4 is 23.8 Å². The van der Waals surface area contributed by atoms with Crippen LogP contribution in [0.25, 0.3) is 0 Å². The Balaban J connectivity index is 2.25. The van der Waals surface area contributed by atoms with E-state index in [1.54, 1.807) is 27.0 Å². The van der Waals surface area contributed by atoms with Gasteiger partial charge in [-0.2, -0.15) is 0 Å². The third-order valence-electron chi connectivity index (χ3n) is 6.36. The van der Waals surface area contributed by atoms with Crippen LogP contribution in [0.3, 0.4) is 0 Å². The topological polar surface area (TPSA) is 149 Å². The Hall–Kier alpha value is -1.11. The summed E-state index contributed by atoms with van der Waals surface area (Å²) in [6.07, 6.45) is -2.45. The van der Waals surface area contributed by atoms with Crippen molar-refractivity contribution in [2.24, 2.45) is 5.92 Å². The average molecular weight is 507 g/mol. The first kappa shape index (κ1) is 29.1. The van der Waals surface area contributed by atoms with Crippen molar-refractivity contribution in [1.82, 2.24) is 10.2 Å². The molecule has 0 aromatic rings. The minimum Gasteiger partial charge on any atom is -0.444 e. The number of aliphatic hydroxyl groups is 4. The number of hydrogen-bond acceptors (Lipinski definition) is 9. The molecule has 198 valence electrons. The summed E-state index contributed by atoms with van der Waals surface area (Å²) in [7, 11) is 0. The van der Waals surface area contributed by atoms with Crippen LogP contribution in [-0.2, 0) is 14.3 Å². The molecule has 5 N–H and O–H groups in total. The number of piperidine rings is 1. The van der Waals surface area contributed by atoms with E-state index in [0.29, 0.717) is 13.0 Å². The standard InChI is InChI=1S/C23H42N2O8S/c1-7-8-13-9-10-25(22(31)33-23(3,4)5)14(11-13)20(30)24-15(12(2)26)19-17(28)16(27)18(29)21(32-19)34-6/h12-19,21,26-29H,7-11H2,1-6H3,(H,24,30)/t12-,13?,14?,15+,16-,17+,18+,19+,21+/m0/s1. The van der Waals surface area contributed by atoms with E-state index in [1.807, 2.05) is 0 Å². The van der Waals surface area contributed by atoms with Gasteiger partial charge in [0.2, 0.25) is 5.91 Å². The lowest BCUT2D eigenvalue weighted by molar-refractivity contribution is -0.211. The molecule has 2 rings (SSSR count). The zero-order valence-electron chi connectivity index (χ0n) is 21.0. The maximum atomic E-state index is 13.5. The molecule has 0 radical (unpaired) electrons. The summed E-state index contributed by atoms with van der Waals surface area (Å²) in [6.45, 7) is 9.17. The van der Waals surface area contributed by atoms with E-state index in [1.165, 1.54) is 11.8 Å². The monoisotopic (exact) mass is 506 g/mol. The predicted molar refractivity (Wildman–Crippen MR) is 128 cm³/mol. The van der Waals surface area contributed by atoms with Gasteiger partial charge in [0.05, 0.1) is 12.1 Å². The van der Waals surface area contributed by atoms with Gasteiger partial charge in [0.25, 0.3) is 0 Å². The molecule has 0 aromatic heterocycles. The van der Waals surface area contributed by atoms with Crippen molar-refractivity contribution < 1.29 is 39.5 Å². The molecular formula is C23H42N2O8S. The number of carbonyl (C=O) groups is 2. The highest BCUT2D eigenvalue weighted by molar-refractivity contribution is 7.99. The molecule has 2 fully saturated rings. The van der Waals surface area contributed by atoms with Gasteiger partial charge in [-0.3, -0.25) is 9.69 Å². The van der Waals surface area contributed by atoms with Crippen molar-refractivity contribution in [3.63, 3.8) is 0 Å². The van der Waals surface area contributed by atoms with Gasteiger partial charge >= 0.3 is 6.09 Å². The second kappa shape index (κ2) is 12.2. The number of hydrogen-bond donors (Lipinski definition) is 5. The van der Waals surface area contributed by atoms with Gasteiger partial charge in [0, 0.05) is 6.54 Å². The lowest BCUT2D eigenvalue weighted by Crippen LogP contribution is -2.66. The minimum absolute atomic E-state index is 0.263. The molecule has 0 bridgehead atoms. The molecular weight excluding hydrogens is 464 g/mol. The summed E-state index contributed by atoms with van der Waals surface area (Å²) in [4.78, 5) is 27.8. The number of aliphatic hydroxyl groups excluding tert-OH is 4. The summed E-state index contributed by atoms with van der Waals surface area (Å²) in [5, 5.41) is 44.2. The van der Waals surface area contributed by atoms with Gasteiger partial charge in [0.15, 0.2) is 0 Å². The van der Waals surface area contributed by atoms with Crippen molar-refractivity contribution in [1.29, 1.82) is 0 Å². The molecule has 2 aliphatic heterocycles. The Labute approximate surface area is 206 Å². The SMILES string of the molecule is CCCC1CCN(C(=O)OC(C)(C)C)C(C(=O)N[C@@H]([C@H]2O[C@H](SC)[C@H](O)[C@@H](O)[C@H]2O)[C@H](C)O)C1. The lowest BCUT2D eigenvalue weighted by atomic mass is 9.86. The smallest absolute Gasteiger partial charge is 0.410 e. The highest BCUT2D eigenvalue weighted by Crippen LogP contribution is 2.31. The number of amides is 2. The Morgan fingerprint density at radius 1 is 1.21 bits per heavy atom. The maximum Gasteiger partial charge on any atom is 0.410 e. The van der Waals surface area contributed by atoms with Crippen LogP contribution in [0.1, 0.15) is 60.3 Å². The first-order valence-electron chi connectivity index (χ1n) is 12.0. The molecule has 0 aromatic carbocycles. The Morgan fingerprint density at radius 3 is 2.38 bits per heavy atom. The predicted octanol–water partition coefficient (Wildman–Crippen LogP) is 0.838. The van der Waals surface area contributed by atoms with Gasteiger partial charge in [-0.25, -0.2) is 4.79 Å². The van der Waals surface area contributed by atoms with Crippen LogP contribution in [0, 0.1) is 5.92 Å². The first-order valence-corrected chi connectivity index (χ1v) is 13.3. The second-order valence-corrected chi connectivity index (χ2v) is 11.3. The molecule has 2 amide bonds. The van der Waals surface area contributed by atoms with E-state index in [2.05, 4.69) is 12.2 Å². The largest absolute Gasteiger partial charge is 0.444 e. The zero-order valence-corrected chi connectivity index (χ0v) is 21.8. The van der Waals surface area contributed by atoms with E-state index in [-0.39, 0.29) is 5.92 Å². The van der Waals surface area contributed by atoms with Gasteiger partial charge in [-0.05, 0) is 52.7 Å². The number of likely N-dealkylation sites (tertiary alicyclic amines) is 1. The Bertz CT molecular complexity index is 686. The van der Waals surface area contributed by atoms with Crippen molar-refractivity contribution in [3.05, 3.63) is 0 Å². The quantitative estimate of drug-likeness (QED) is 0.339. The van der Waals surface area contributed by atoms with Crippen LogP contribution in [0.15, 0.2) is 0 Å². The molecule has 34 heavy (non-hydrogen) atoms. The summed E-state index contributed by atoms with van der Waals surface area (Å²) >= 11 is 1.15. The van der Waals surface area contributed by atoms with Crippen LogP contribution >= 0.6 is 11.8 Å². The summed E-state index contributed by atoms with van der Waals surface area (Å²) < 4.78 is 11.3. The van der Waals surface area contributed by atoms with E-state index in [0.717, 1.165) is 31.0 Å². The van der Waals surface area contributed by atoms with Crippen LogP contribution in [0.4, 0.5) is 4.79 Å². The molecule has 2 saturated heterocycles. The summed E-state index contributed by atoms with van der Waals surface area (Å²) in [5.41, 5.74) is -1.56.